The van der Waals surface area contributed by atoms with E-state index in [0.717, 1.165) is 11.1 Å². The number of benzene rings is 1. The molecule has 0 aromatic heterocycles. The van der Waals surface area contributed by atoms with Gasteiger partial charge >= 0.3 is 0 Å². The number of hydrogen-bond donors (Lipinski definition) is 0. The Balaban J connectivity index is 2.48. The molecule has 0 N–H and O–H groups in total. The van der Waals surface area contributed by atoms with Crippen LogP contribution in [0.15, 0.2) is 23.1 Å². The standard InChI is InChI=1S/C15H23NO4S2/c1-5-16(15(4)8-9-21(17,18)11-15)22(19,20)14-7-6-12(2)13(3)10-14/h6-7,10H,5,8-9,11H2,1-4H3/t15-/m1/s1. The second-order valence-corrected chi connectivity index (χ2v) is 10.3. The van der Waals surface area contributed by atoms with E-state index in [4.69, 9.17) is 0 Å². The first-order valence-electron chi connectivity index (χ1n) is 7.32. The fourth-order valence-electron chi connectivity index (χ4n) is 3.03. The van der Waals surface area contributed by atoms with E-state index in [1.807, 2.05) is 13.8 Å². The topological polar surface area (TPSA) is 71.5 Å². The lowest BCUT2D eigenvalue weighted by Gasteiger charge is -2.35. The molecule has 2 rings (SSSR count). The minimum absolute atomic E-state index is 0.0441. The van der Waals surface area contributed by atoms with Crippen molar-refractivity contribution in [3.05, 3.63) is 29.3 Å². The first kappa shape index (κ1) is 17.4. The highest BCUT2D eigenvalue weighted by molar-refractivity contribution is 7.92. The Labute approximate surface area is 133 Å². The van der Waals surface area contributed by atoms with Crippen molar-refractivity contribution in [2.24, 2.45) is 0 Å². The maximum absolute atomic E-state index is 13.0. The highest BCUT2D eigenvalue weighted by Gasteiger charge is 2.47. The SMILES string of the molecule is CCN([C@]1(C)CCS(=O)(=O)C1)S(=O)(=O)c1ccc(C)c(C)c1. The fraction of sp³-hybridized carbons (Fsp3) is 0.600. The average molecular weight is 345 g/mol. The molecule has 1 saturated heterocycles. The lowest BCUT2D eigenvalue weighted by Crippen LogP contribution is -2.50. The zero-order valence-electron chi connectivity index (χ0n) is 13.5. The van der Waals surface area contributed by atoms with Gasteiger partial charge in [0.2, 0.25) is 10.0 Å². The van der Waals surface area contributed by atoms with Gasteiger partial charge in [0.1, 0.15) is 0 Å². The number of hydrogen-bond acceptors (Lipinski definition) is 4. The molecular formula is C15H23NO4S2. The van der Waals surface area contributed by atoms with Crippen molar-refractivity contribution in [2.45, 2.75) is 44.6 Å². The molecule has 1 heterocycles. The van der Waals surface area contributed by atoms with Crippen molar-refractivity contribution in [1.82, 2.24) is 4.31 Å². The molecule has 1 aliphatic heterocycles. The summed E-state index contributed by atoms with van der Waals surface area (Å²) in [6, 6.07) is 5.02. The van der Waals surface area contributed by atoms with Crippen LogP contribution in [0.1, 0.15) is 31.4 Å². The van der Waals surface area contributed by atoms with Crippen LogP contribution in [-0.4, -0.2) is 44.7 Å². The molecule has 1 aromatic rings. The molecule has 1 aromatic carbocycles. The van der Waals surface area contributed by atoms with Gasteiger partial charge in [-0.2, -0.15) is 4.31 Å². The summed E-state index contributed by atoms with van der Waals surface area (Å²) in [5.41, 5.74) is 1.06. The predicted molar refractivity (Wildman–Crippen MR) is 87.2 cm³/mol. The van der Waals surface area contributed by atoms with Crippen molar-refractivity contribution in [3.63, 3.8) is 0 Å². The number of rotatable bonds is 4. The van der Waals surface area contributed by atoms with Gasteiger partial charge in [-0.3, -0.25) is 0 Å². The summed E-state index contributed by atoms with van der Waals surface area (Å²) in [7, 11) is -6.89. The Hall–Kier alpha value is -0.920. The third-order valence-electron chi connectivity index (χ3n) is 4.44. The average Bonchev–Trinajstić information content (AvgIpc) is 2.67. The molecular weight excluding hydrogens is 322 g/mol. The van der Waals surface area contributed by atoms with Crippen molar-refractivity contribution >= 4 is 19.9 Å². The van der Waals surface area contributed by atoms with E-state index in [1.54, 1.807) is 32.0 Å². The number of nitrogens with zero attached hydrogens (tertiary/aromatic N) is 1. The zero-order valence-corrected chi connectivity index (χ0v) is 15.1. The first-order valence-corrected chi connectivity index (χ1v) is 10.6. The zero-order chi connectivity index (χ0) is 16.8. The summed E-state index contributed by atoms with van der Waals surface area (Å²) in [5.74, 6) is -0.0691. The first-order chi connectivity index (χ1) is 10.0. The molecule has 1 atom stereocenters. The van der Waals surface area contributed by atoms with Gasteiger partial charge in [-0.1, -0.05) is 13.0 Å². The molecule has 0 unspecified atom stereocenters. The van der Waals surface area contributed by atoms with Gasteiger partial charge < -0.3 is 0 Å². The smallest absolute Gasteiger partial charge is 0.229 e. The van der Waals surface area contributed by atoms with E-state index < -0.39 is 25.4 Å². The Morgan fingerprint density at radius 3 is 2.32 bits per heavy atom. The number of sulfonamides is 1. The van der Waals surface area contributed by atoms with Crippen LogP contribution in [0, 0.1) is 13.8 Å². The molecule has 1 fully saturated rings. The van der Waals surface area contributed by atoms with Crippen LogP contribution < -0.4 is 0 Å². The third-order valence-corrected chi connectivity index (χ3v) is 8.45. The van der Waals surface area contributed by atoms with Crippen molar-refractivity contribution in [1.29, 1.82) is 0 Å². The maximum Gasteiger partial charge on any atom is 0.243 e. The monoisotopic (exact) mass is 345 g/mol. The van der Waals surface area contributed by atoms with Crippen LogP contribution in [0.3, 0.4) is 0 Å². The van der Waals surface area contributed by atoms with E-state index in [-0.39, 0.29) is 22.9 Å². The molecule has 0 amide bonds. The summed E-state index contributed by atoms with van der Waals surface area (Å²) >= 11 is 0. The minimum Gasteiger partial charge on any atom is -0.229 e. The van der Waals surface area contributed by atoms with Crippen molar-refractivity contribution in [3.8, 4) is 0 Å². The van der Waals surface area contributed by atoms with Crippen LogP contribution in [0.25, 0.3) is 0 Å². The lowest BCUT2D eigenvalue weighted by molar-refractivity contribution is 0.243. The van der Waals surface area contributed by atoms with Gasteiger partial charge in [-0.25, -0.2) is 16.8 Å². The Kier molecular flexibility index (Phi) is 4.45. The van der Waals surface area contributed by atoms with Gasteiger partial charge in [0.15, 0.2) is 9.84 Å². The molecule has 0 bridgehead atoms. The molecule has 0 spiro atoms. The largest absolute Gasteiger partial charge is 0.243 e. The van der Waals surface area contributed by atoms with Crippen LogP contribution in [-0.2, 0) is 19.9 Å². The molecule has 7 heteroatoms. The highest BCUT2D eigenvalue weighted by Crippen LogP contribution is 2.34. The Morgan fingerprint density at radius 1 is 1.23 bits per heavy atom. The molecule has 0 saturated carbocycles. The number of aryl methyl sites for hydroxylation is 2. The third kappa shape index (κ3) is 3.07. The van der Waals surface area contributed by atoms with E-state index in [0.29, 0.717) is 6.42 Å². The van der Waals surface area contributed by atoms with Gasteiger partial charge in [-0.05, 0) is 50.5 Å². The molecule has 0 radical (unpaired) electrons. The predicted octanol–water partition coefficient (Wildman–Crippen LogP) is 1.89. The lowest BCUT2D eigenvalue weighted by atomic mass is 10.0. The van der Waals surface area contributed by atoms with Gasteiger partial charge in [0.05, 0.1) is 16.4 Å². The summed E-state index contributed by atoms with van der Waals surface area (Å²) in [4.78, 5) is 0.225. The van der Waals surface area contributed by atoms with Crippen LogP contribution >= 0.6 is 0 Å². The van der Waals surface area contributed by atoms with E-state index in [2.05, 4.69) is 0 Å². The second kappa shape index (κ2) is 5.62. The molecule has 124 valence electrons. The Bertz CT molecular complexity index is 784. The normalized spacial score (nSPS) is 24.8. The summed E-state index contributed by atoms with van der Waals surface area (Å²) < 4.78 is 50.9. The minimum atomic E-state index is -3.71. The summed E-state index contributed by atoms with van der Waals surface area (Å²) in [6.07, 6.45) is 0.341. The highest BCUT2D eigenvalue weighted by atomic mass is 32.2. The van der Waals surface area contributed by atoms with Gasteiger partial charge in [0, 0.05) is 12.1 Å². The van der Waals surface area contributed by atoms with E-state index in [1.165, 1.54) is 4.31 Å². The molecule has 22 heavy (non-hydrogen) atoms. The van der Waals surface area contributed by atoms with E-state index in [9.17, 15) is 16.8 Å². The van der Waals surface area contributed by atoms with E-state index >= 15 is 0 Å². The molecule has 1 aliphatic rings. The van der Waals surface area contributed by atoms with Crippen LogP contribution in [0.2, 0.25) is 0 Å². The summed E-state index contributed by atoms with van der Waals surface area (Å²) in [5, 5.41) is 0. The second-order valence-electron chi connectivity index (χ2n) is 6.25. The van der Waals surface area contributed by atoms with Crippen molar-refractivity contribution < 1.29 is 16.8 Å². The van der Waals surface area contributed by atoms with Gasteiger partial charge in [0.25, 0.3) is 0 Å². The Morgan fingerprint density at radius 2 is 1.86 bits per heavy atom. The summed E-state index contributed by atoms with van der Waals surface area (Å²) in [6.45, 7) is 7.51. The van der Waals surface area contributed by atoms with Crippen molar-refractivity contribution in [2.75, 3.05) is 18.1 Å². The molecule has 5 nitrogen and oxygen atoms in total. The maximum atomic E-state index is 13.0. The van der Waals surface area contributed by atoms with Crippen LogP contribution in [0.4, 0.5) is 0 Å². The molecule has 0 aliphatic carbocycles. The number of sulfone groups is 1. The van der Waals surface area contributed by atoms with Gasteiger partial charge in [-0.15, -0.1) is 0 Å². The van der Waals surface area contributed by atoms with Crippen LogP contribution in [0.5, 0.6) is 0 Å². The quantitative estimate of drug-likeness (QED) is 0.835. The fourth-order valence-corrected chi connectivity index (χ4v) is 7.15.